The molecule has 0 spiro atoms. The number of carbonyl (C=O) groups excluding carboxylic acids is 3. The van der Waals surface area contributed by atoms with E-state index in [0.29, 0.717) is 31.2 Å². The molecule has 3 amide bonds. The first-order chi connectivity index (χ1) is 17.5. The molecule has 0 saturated carbocycles. The topological polar surface area (TPSA) is 97.4 Å². The molecule has 1 N–H and O–H groups in total. The summed E-state index contributed by atoms with van der Waals surface area (Å²) in [6.45, 7) is 3.02. The highest BCUT2D eigenvalue weighted by atomic mass is 16.7. The van der Waals surface area contributed by atoms with Crippen molar-refractivity contribution >= 4 is 17.7 Å². The lowest BCUT2D eigenvalue weighted by atomic mass is 10.0. The summed E-state index contributed by atoms with van der Waals surface area (Å²) in [7, 11) is 0. The van der Waals surface area contributed by atoms with Crippen LogP contribution in [0.1, 0.15) is 53.6 Å². The second-order valence-electron chi connectivity index (χ2n) is 9.84. The number of piperidine rings is 2. The van der Waals surface area contributed by atoms with Crippen LogP contribution in [0.2, 0.25) is 0 Å². The fourth-order valence-electron chi connectivity index (χ4n) is 5.56. The number of benzene rings is 2. The van der Waals surface area contributed by atoms with Gasteiger partial charge in [-0.3, -0.25) is 24.6 Å². The predicted molar refractivity (Wildman–Crippen MR) is 129 cm³/mol. The minimum atomic E-state index is -0.612. The normalized spacial score (nSPS) is 23.6. The molecule has 0 aromatic heterocycles. The van der Waals surface area contributed by atoms with Crippen LogP contribution < -0.4 is 19.5 Å². The second kappa shape index (κ2) is 9.46. The summed E-state index contributed by atoms with van der Waals surface area (Å²) < 4.78 is 17.2. The van der Waals surface area contributed by atoms with E-state index < -0.39 is 11.9 Å². The van der Waals surface area contributed by atoms with Crippen molar-refractivity contribution in [3.05, 3.63) is 53.1 Å². The van der Waals surface area contributed by atoms with Gasteiger partial charge in [0.15, 0.2) is 11.5 Å². The molecule has 4 aliphatic heterocycles. The fourth-order valence-corrected chi connectivity index (χ4v) is 5.56. The van der Waals surface area contributed by atoms with Gasteiger partial charge in [-0.25, -0.2) is 0 Å². The molecule has 6 rings (SSSR count). The number of hydrogen-bond acceptors (Lipinski definition) is 7. The zero-order valence-electron chi connectivity index (χ0n) is 20.0. The van der Waals surface area contributed by atoms with E-state index in [0.717, 1.165) is 48.7 Å². The van der Waals surface area contributed by atoms with E-state index in [2.05, 4.69) is 22.3 Å². The van der Waals surface area contributed by atoms with Crippen LogP contribution in [0.25, 0.3) is 0 Å². The number of nitrogens with zero attached hydrogens (tertiary/aromatic N) is 2. The molecule has 0 bridgehead atoms. The van der Waals surface area contributed by atoms with E-state index in [1.54, 1.807) is 11.0 Å². The lowest BCUT2D eigenvalue weighted by Crippen LogP contribution is -2.52. The molecule has 4 aliphatic rings. The SMILES string of the molecule is O=C1CCC(N2Cc3cc(OC[C@H]4CCCCN4Cc4ccc5c(c4)OCO5)ccc3C2=O)C(=O)N1. The van der Waals surface area contributed by atoms with Gasteiger partial charge < -0.3 is 19.1 Å². The Hall–Kier alpha value is -3.59. The highest BCUT2D eigenvalue weighted by Crippen LogP contribution is 2.34. The molecule has 2 saturated heterocycles. The minimum absolute atomic E-state index is 0.173. The largest absolute Gasteiger partial charge is 0.492 e. The van der Waals surface area contributed by atoms with E-state index in [4.69, 9.17) is 14.2 Å². The number of imide groups is 1. The molecule has 9 heteroatoms. The van der Waals surface area contributed by atoms with Crippen molar-refractivity contribution in [3.63, 3.8) is 0 Å². The highest BCUT2D eigenvalue weighted by Gasteiger charge is 2.39. The van der Waals surface area contributed by atoms with Gasteiger partial charge in [-0.15, -0.1) is 0 Å². The van der Waals surface area contributed by atoms with Gasteiger partial charge in [-0.2, -0.15) is 0 Å². The number of nitrogens with one attached hydrogen (secondary N) is 1. The van der Waals surface area contributed by atoms with E-state index in [1.807, 2.05) is 18.2 Å². The highest BCUT2D eigenvalue weighted by molar-refractivity contribution is 6.05. The molecule has 1 unspecified atom stereocenters. The van der Waals surface area contributed by atoms with Gasteiger partial charge in [0.1, 0.15) is 18.4 Å². The maximum atomic E-state index is 12.9. The van der Waals surface area contributed by atoms with Crippen LogP contribution in [0, 0.1) is 0 Å². The van der Waals surface area contributed by atoms with Gasteiger partial charge in [-0.05, 0) is 67.3 Å². The van der Waals surface area contributed by atoms with Crippen molar-refractivity contribution in [1.29, 1.82) is 0 Å². The Balaban J connectivity index is 1.10. The maximum Gasteiger partial charge on any atom is 0.255 e. The molecule has 2 atom stereocenters. The van der Waals surface area contributed by atoms with Crippen LogP contribution in [0.15, 0.2) is 36.4 Å². The Kier molecular flexibility index (Phi) is 6.00. The smallest absolute Gasteiger partial charge is 0.255 e. The van der Waals surface area contributed by atoms with E-state index in [9.17, 15) is 14.4 Å². The van der Waals surface area contributed by atoms with Crippen LogP contribution in [-0.2, 0) is 22.7 Å². The third-order valence-electron chi connectivity index (χ3n) is 7.51. The van der Waals surface area contributed by atoms with Gasteiger partial charge in [0.25, 0.3) is 5.91 Å². The Bertz CT molecular complexity index is 1210. The minimum Gasteiger partial charge on any atom is -0.492 e. The van der Waals surface area contributed by atoms with E-state index in [-0.39, 0.29) is 25.0 Å². The summed E-state index contributed by atoms with van der Waals surface area (Å²) >= 11 is 0. The van der Waals surface area contributed by atoms with E-state index >= 15 is 0 Å². The first-order valence-electron chi connectivity index (χ1n) is 12.6. The van der Waals surface area contributed by atoms with Crippen LogP contribution in [0.5, 0.6) is 17.2 Å². The first-order valence-corrected chi connectivity index (χ1v) is 12.6. The van der Waals surface area contributed by atoms with Crippen molar-refractivity contribution in [2.24, 2.45) is 0 Å². The number of fused-ring (bicyclic) bond motifs is 2. The molecule has 0 radical (unpaired) electrons. The lowest BCUT2D eigenvalue weighted by molar-refractivity contribution is -0.136. The van der Waals surface area contributed by atoms with Crippen LogP contribution in [0.3, 0.4) is 0 Å². The maximum absolute atomic E-state index is 12.9. The Labute approximate surface area is 209 Å². The fraction of sp³-hybridized carbons (Fsp3) is 0.444. The van der Waals surface area contributed by atoms with Crippen LogP contribution in [-0.4, -0.2) is 59.5 Å². The third-order valence-corrected chi connectivity index (χ3v) is 7.51. The van der Waals surface area contributed by atoms with Crippen LogP contribution >= 0.6 is 0 Å². The van der Waals surface area contributed by atoms with Crippen molar-refractivity contribution in [2.45, 2.75) is 57.3 Å². The summed E-state index contributed by atoms with van der Waals surface area (Å²) in [4.78, 5) is 40.7. The van der Waals surface area contributed by atoms with Crippen molar-refractivity contribution < 1.29 is 28.6 Å². The van der Waals surface area contributed by atoms with Gasteiger partial charge in [0, 0.05) is 31.1 Å². The standard InChI is InChI=1S/C27H29N3O6/c31-25-9-7-22(26(32)28-25)30-14-18-12-20(5-6-21(18)27(30)33)34-15-19-3-1-2-10-29(19)13-17-4-8-23-24(11-17)36-16-35-23/h4-6,8,11-12,19,22H,1-3,7,9-10,13-16H2,(H,28,31,32)/t19-,22?/m1/s1. The lowest BCUT2D eigenvalue weighted by Gasteiger charge is -2.35. The quantitative estimate of drug-likeness (QED) is 0.621. The van der Waals surface area contributed by atoms with Crippen molar-refractivity contribution in [3.8, 4) is 17.2 Å². The van der Waals surface area contributed by atoms with Gasteiger partial charge in [-0.1, -0.05) is 12.5 Å². The number of hydrogen-bond donors (Lipinski definition) is 1. The summed E-state index contributed by atoms with van der Waals surface area (Å²) in [5.74, 6) is 1.46. The molecule has 2 aromatic carbocycles. The number of ether oxygens (including phenoxy) is 3. The van der Waals surface area contributed by atoms with Crippen molar-refractivity contribution in [1.82, 2.24) is 15.1 Å². The monoisotopic (exact) mass is 491 g/mol. The molecule has 36 heavy (non-hydrogen) atoms. The molecule has 4 heterocycles. The predicted octanol–water partition coefficient (Wildman–Crippen LogP) is 2.61. The summed E-state index contributed by atoms with van der Waals surface area (Å²) in [5, 5.41) is 2.34. The summed E-state index contributed by atoms with van der Waals surface area (Å²) in [6.07, 6.45) is 4.00. The molecular weight excluding hydrogens is 462 g/mol. The van der Waals surface area contributed by atoms with Gasteiger partial charge in [0.2, 0.25) is 18.6 Å². The van der Waals surface area contributed by atoms with Gasteiger partial charge >= 0.3 is 0 Å². The average Bonchev–Trinajstić information content (AvgIpc) is 3.47. The molecule has 0 aliphatic carbocycles. The van der Waals surface area contributed by atoms with E-state index in [1.165, 1.54) is 12.0 Å². The Morgan fingerprint density at radius 1 is 1.00 bits per heavy atom. The summed E-state index contributed by atoms with van der Waals surface area (Å²) in [5.41, 5.74) is 2.63. The average molecular weight is 492 g/mol. The number of likely N-dealkylation sites (tertiary alicyclic amines) is 1. The third kappa shape index (κ3) is 4.39. The van der Waals surface area contributed by atoms with Crippen LogP contribution in [0.4, 0.5) is 0 Å². The number of amides is 3. The summed E-state index contributed by atoms with van der Waals surface area (Å²) in [6, 6.07) is 11.3. The first kappa shape index (κ1) is 22.8. The Morgan fingerprint density at radius 2 is 1.89 bits per heavy atom. The van der Waals surface area contributed by atoms with Crippen molar-refractivity contribution in [2.75, 3.05) is 19.9 Å². The Morgan fingerprint density at radius 3 is 2.78 bits per heavy atom. The molecule has 2 fully saturated rings. The zero-order valence-corrected chi connectivity index (χ0v) is 20.0. The molecule has 188 valence electrons. The molecule has 9 nitrogen and oxygen atoms in total. The number of carbonyl (C=O) groups is 3. The molecular formula is C27H29N3O6. The second-order valence-corrected chi connectivity index (χ2v) is 9.84. The zero-order chi connectivity index (χ0) is 24.6. The molecule has 2 aromatic rings. The van der Waals surface area contributed by atoms with Gasteiger partial charge in [0.05, 0.1) is 0 Å². The number of rotatable bonds is 6.